The fraction of sp³-hybridized carbons (Fsp3) is 0.500. The molecule has 0 saturated carbocycles. The van der Waals surface area contributed by atoms with Crippen LogP contribution in [0.25, 0.3) is 11.0 Å². The molecule has 8 nitrogen and oxygen atoms in total. The van der Waals surface area contributed by atoms with Crippen molar-refractivity contribution in [1.82, 2.24) is 25.4 Å². The molecule has 130 valence electrons. The van der Waals surface area contributed by atoms with E-state index >= 15 is 0 Å². The predicted octanol–water partition coefficient (Wildman–Crippen LogP) is 0.813. The molecule has 0 saturated heterocycles. The Bertz CT molecular complexity index is 739. The van der Waals surface area contributed by atoms with Gasteiger partial charge in [0.2, 0.25) is 5.91 Å². The van der Waals surface area contributed by atoms with Gasteiger partial charge in [-0.2, -0.15) is 5.10 Å². The van der Waals surface area contributed by atoms with Crippen LogP contribution in [-0.4, -0.2) is 53.4 Å². The highest BCUT2D eigenvalue weighted by Gasteiger charge is 2.15. The highest BCUT2D eigenvalue weighted by Crippen LogP contribution is 2.19. The maximum atomic E-state index is 12.3. The van der Waals surface area contributed by atoms with Gasteiger partial charge in [0.25, 0.3) is 5.91 Å². The smallest absolute Gasteiger partial charge is 0.253 e. The van der Waals surface area contributed by atoms with Gasteiger partial charge in [0.05, 0.1) is 30.6 Å². The Hall–Kier alpha value is -2.48. The quantitative estimate of drug-likeness (QED) is 0.731. The first-order valence-electron chi connectivity index (χ1n) is 7.82. The van der Waals surface area contributed by atoms with Crippen LogP contribution in [0.4, 0.5) is 0 Å². The molecule has 0 aliphatic heterocycles. The van der Waals surface area contributed by atoms with E-state index in [-0.39, 0.29) is 24.4 Å². The molecule has 0 aliphatic carbocycles. The van der Waals surface area contributed by atoms with Gasteiger partial charge in [0, 0.05) is 25.1 Å². The maximum Gasteiger partial charge on any atom is 0.253 e. The summed E-state index contributed by atoms with van der Waals surface area (Å²) in [6, 6.07) is 1.94. The predicted molar refractivity (Wildman–Crippen MR) is 89.9 cm³/mol. The molecule has 2 heterocycles. The maximum absolute atomic E-state index is 12.3. The molecule has 8 heteroatoms. The minimum Gasteiger partial charge on any atom is -0.383 e. The zero-order valence-electron chi connectivity index (χ0n) is 14.4. The van der Waals surface area contributed by atoms with Gasteiger partial charge < -0.3 is 15.4 Å². The van der Waals surface area contributed by atoms with Crippen LogP contribution >= 0.6 is 0 Å². The van der Waals surface area contributed by atoms with E-state index in [4.69, 9.17) is 4.74 Å². The molecule has 0 unspecified atom stereocenters. The number of hydrogen-bond donors (Lipinski definition) is 2. The van der Waals surface area contributed by atoms with Crippen LogP contribution in [0.2, 0.25) is 0 Å². The van der Waals surface area contributed by atoms with E-state index in [1.165, 1.54) is 0 Å². The molecule has 2 aromatic rings. The third-order valence-electron chi connectivity index (χ3n) is 3.53. The Morgan fingerprint density at radius 1 is 1.33 bits per heavy atom. The van der Waals surface area contributed by atoms with E-state index in [9.17, 15) is 9.59 Å². The van der Waals surface area contributed by atoms with Gasteiger partial charge in [0.15, 0.2) is 5.65 Å². The Morgan fingerprint density at radius 2 is 2.08 bits per heavy atom. The third kappa shape index (κ3) is 4.08. The molecular weight excluding hydrogens is 310 g/mol. The Balaban J connectivity index is 2.07. The van der Waals surface area contributed by atoms with Crippen molar-refractivity contribution in [2.24, 2.45) is 0 Å². The standard InChI is InChI=1S/C16H23N5O3/c1-10(2)21-15-12(8-19-21)7-13(11(3)20-15)16(23)18-9-14(22)17-5-6-24-4/h7-8,10H,5-6,9H2,1-4H3,(H,17,22)(H,18,23). The summed E-state index contributed by atoms with van der Waals surface area (Å²) in [5, 5.41) is 10.3. The average molecular weight is 333 g/mol. The molecule has 0 aliphatic rings. The van der Waals surface area contributed by atoms with Crippen LogP contribution in [0.1, 0.15) is 35.9 Å². The molecule has 0 atom stereocenters. The highest BCUT2D eigenvalue weighted by molar-refractivity contribution is 5.99. The largest absolute Gasteiger partial charge is 0.383 e. The van der Waals surface area contributed by atoms with Crippen molar-refractivity contribution >= 4 is 22.8 Å². The average Bonchev–Trinajstić information content (AvgIpc) is 2.95. The van der Waals surface area contributed by atoms with E-state index in [0.29, 0.717) is 24.4 Å². The fourth-order valence-electron chi connectivity index (χ4n) is 2.28. The molecule has 0 aromatic carbocycles. The third-order valence-corrected chi connectivity index (χ3v) is 3.53. The minimum atomic E-state index is -0.332. The number of pyridine rings is 1. The molecule has 2 amide bonds. The number of fused-ring (bicyclic) bond motifs is 1. The fourth-order valence-corrected chi connectivity index (χ4v) is 2.28. The van der Waals surface area contributed by atoms with Crippen LogP contribution in [0.5, 0.6) is 0 Å². The topological polar surface area (TPSA) is 98.1 Å². The number of nitrogens with one attached hydrogen (secondary N) is 2. The number of amides is 2. The Kier molecular flexibility index (Phi) is 5.86. The molecule has 0 bridgehead atoms. The number of carbonyl (C=O) groups is 2. The molecular formula is C16H23N5O3. The number of methoxy groups -OCH3 is 1. The van der Waals surface area contributed by atoms with E-state index in [2.05, 4.69) is 20.7 Å². The van der Waals surface area contributed by atoms with Crippen molar-refractivity contribution < 1.29 is 14.3 Å². The number of rotatable bonds is 7. The lowest BCUT2D eigenvalue weighted by Crippen LogP contribution is -2.38. The number of carbonyl (C=O) groups excluding carboxylic acids is 2. The monoisotopic (exact) mass is 333 g/mol. The number of aromatic nitrogens is 3. The van der Waals surface area contributed by atoms with Crippen molar-refractivity contribution in [3.8, 4) is 0 Å². The van der Waals surface area contributed by atoms with Crippen molar-refractivity contribution in [3.05, 3.63) is 23.5 Å². The number of hydrogen-bond acceptors (Lipinski definition) is 5. The van der Waals surface area contributed by atoms with E-state index in [1.54, 1.807) is 26.3 Å². The van der Waals surface area contributed by atoms with Gasteiger partial charge in [-0.25, -0.2) is 9.67 Å². The van der Waals surface area contributed by atoms with E-state index in [0.717, 1.165) is 11.0 Å². The van der Waals surface area contributed by atoms with Crippen molar-refractivity contribution in [3.63, 3.8) is 0 Å². The lowest BCUT2D eigenvalue weighted by molar-refractivity contribution is -0.120. The zero-order chi connectivity index (χ0) is 17.7. The van der Waals surface area contributed by atoms with Crippen LogP contribution in [-0.2, 0) is 9.53 Å². The van der Waals surface area contributed by atoms with Crippen molar-refractivity contribution in [2.75, 3.05) is 26.8 Å². The number of aryl methyl sites for hydroxylation is 1. The first-order valence-corrected chi connectivity index (χ1v) is 7.82. The summed E-state index contributed by atoms with van der Waals surface area (Å²) < 4.78 is 6.66. The van der Waals surface area contributed by atoms with Gasteiger partial charge >= 0.3 is 0 Å². The van der Waals surface area contributed by atoms with Crippen LogP contribution < -0.4 is 10.6 Å². The zero-order valence-corrected chi connectivity index (χ0v) is 14.4. The summed E-state index contributed by atoms with van der Waals surface area (Å²) in [6.45, 7) is 6.56. The van der Waals surface area contributed by atoms with E-state index < -0.39 is 0 Å². The summed E-state index contributed by atoms with van der Waals surface area (Å²) in [7, 11) is 1.56. The van der Waals surface area contributed by atoms with Gasteiger partial charge in [-0.05, 0) is 26.8 Å². The summed E-state index contributed by atoms with van der Waals surface area (Å²) in [4.78, 5) is 28.4. The van der Waals surface area contributed by atoms with Gasteiger partial charge in [-0.1, -0.05) is 0 Å². The molecule has 0 radical (unpaired) electrons. The summed E-state index contributed by atoms with van der Waals surface area (Å²) in [6.07, 6.45) is 1.69. The van der Waals surface area contributed by atoms with E-state index in [1.807, 2.05) is 18.5 Å². The summed E-state index contributed by atoms with van der Waals surface area (Å²) >= 11 is 0. The Labute approximate surface area is 140 Å². The number of ether oxygens (including phenoxy) is 1. The van der Waals surface area contributed by atoms with Gasteiger partial charge in [-0.3, -0.25) is 9.59 Å². The first-order chi connectivity index (χ1) is 11.4. The number of nitrogens with zero attached hydrogens (tertiary/aromatic N) is 3. The first kappa shape index (κ1) is 17.9. The molecule has 2 aromatic heterocycles. The lowest BCUT2D eigenvalue weighted by atomic mass is 10.1. The van der Waals surface area contributed by atoms with Crippen molar-refractivity contribution in [1.29, 1.82) is 0 Å². The van der Waals surface area contributed by atoms with Crippen molar-refractivity contribution in [2.45, 2.75) is 26.8 Å². The Morgan fingerprint density at radius 3 is 2.75 bits per heavy atom. The van der Waals surface area contributed by atoms with Crippen LogP contribution in [0.15, 0.2) is 12.3 Å². The minimum absolute atomic E-state index is 0.0920. The second kappa shape index (κ2) is 7.87. The second-order valence-corrected chi connectivity index (χ2v) is 5.74. The highest BCUT2D eigenvalue weighted by atomic mass is 16.5. The molecule has 2 N–H and O–H groups in total. The lowest BCUT2D eigenvalue weighted by Gasteiger charge is -2.10. The second-order valence-electron chi connectivity index (χ2n) is 5.74. The molecule has 2 rings (SSSR count). The van der Waals surface area contributed by atoms with Gasteiger partial charge in [-0.15, -0.1) is 0 Å². The van der Waals surface area contributed by atoms with Crippen LogP contribution in [0, 0.1) is 6.92 Å². The molecule has 24 heavy (non-hydrogen) atoms. The van der Waals surface area contributed by atoms with Crippen LogP contribution in [0.3, 0.4) is 0 Å². The SMILES string of the molecule is COCCNC(=O)CNC(=O)c1cc2cnn(C(C)C)c2nc1C. The molecule has 0 spiro atoms. The van der Waals surface area contributed by atoms with Gasteiger partial charge in [0.1, 0.15) is 0 Å². The normalized spacial score (nSPS) is 11.0. The molecule has 0 fully saturated rings. The summed E-state index contributed by atoms with van der Waals surface area (Å²) in [5.74, 6) is -0.596. The summed E-state index contributed by atoms with van der Waals surface area (Å²) in [5.41, 5.74) is 1.79.